The molecule has 0 aliphatic carbocycles. The molecule has 140 valence electrons. The number of furan rings is 1. The summed E-state index contributed by atoms with van der Waals surface area (Å²) in [4.78, 5) is 0. The summed E-state index contributed by atoms with van der Waals surface area (Å²) in [6, 6.07) is 8.42. The van der Waals surface area contributed by atoms with Gasteiger partial charge in [0.05, 0.1) is 12.0 Å². The van der Waals surface area contributed by atoms with Crippen molar-refractivity contribution in [2.45, 2.75) is 84.4 Å². The third-order valence-corrected chi connectivity index (χ3v) is 16.3. The molecule has 2 nitrogen and oxygen atoms in total. The number of benzene rings is 1. The van der Waals surface area contributed by atoms with E-state index in [0.717, 1.165) is 5.58 Å². The Morgan fingerprint density at radius 3 is 1.96 bits per heavy atom. The minimum absolute atomic E-state index is 0.212. The Morgan fingerprint density at radius 1 is 0.880 bits per heavy atom. The van der Waals surface area contributed by atoms with Crippen LogP contribution in [-0.4, -0.2) is 16.4 Å². The lowest BCUT2D eigenvalue weighted by Gasteiger charge is -2.38. The second-order valence-corrected chi connectivity index (χ2v) is 20.3. The van der Waals surface area contributed by atoms with Gasteiger partial charge < -0.3 is 8.84 Å². The van der Waals surface area contributed by atoms with Crippen molar-refractivity contribution < 1.29 is 8.84 Å². The van der Waals surface area contributed by atoms with Crippen LogP contribution in [0.5, 0.6) is 0 Å². The summed E-state index contributed by atoms with van der Waals surface area (Å²) in [6.45, 7) is 24.0. The lowest BCUT2D eigenvalue weighted by Crippen LogP contribution is -2.50. The molecule has 0 saturated carbocycles. The highest BCUT2D eigenvalue weighted by Crippen LogP contribution is 2.40. The molecule has 0 bridgehead atoms. The normalized spacial score (nSPS) is 14.3. The quantitative estimate of drug-likeness (QED) is 0.556. The second-order valence-electron chi connectivity index (χ2n) is 10.3. The van der Waals surface area contributed by atoms with E-state index in [1.54, 1.807) is 0 Å². The molecule has 0 aliphatic rings. The van der Waals surface area contributed by atoms with Crippen molar-refractivity contribution >= 4 is 32.7 Å². The van der Waals surface area contributed by atoms with Crippen molar-refractivity contribution in [1.82, 2.24) is 0 Å². The lowest BCUT2D eigenvalue weighted by atomic mass is 10.2. The summed E-state index contributed by atoms with van der Waals surface area (Å²) in [5, 5.41) is 2.87. The van der Waals surface area contributed by atoms with Gasteiger partial charge in [-0.3, -0.25) is 0 Å². The van der Waals surface area contributed by atoms with Crippen molar-refractivity contribution in [1.29, 1.82) is 0 Å². The van der Waals surface area contributed by atoms with Crippen LogP contribution in [0.1, 0.15) is 47.1 Å². The first-order valence-electron chi connectivity index (χ1n) is 9.33. The third kappa shape index (κ3) is 3.81. The molecule has 2 rings (SSSR count). The standard InChI is InChI=1S/C21H36O2Si2/c1-20(2,3)24(7,8)19-17(15-22-25(9,10)21(4,5)6)16-13-11-12-14-18(16)23-19/h11-14H,15H2,1-10H3. The summed E-state index contributed by atoms with van der Waals surface area (Å²) in [5.74, 6) is 0. The van der Waals surface area contributed by atoms with Crippen LogP contribution in [0.3, 0.4) is 0 Å². The zero-order valence-electron chi connectivity index (χ0n) is 17.8. The highest BCUT2D eigenvalue weighted by Gasteiger charge is 2.43. The van der Waals surface area contributed by atoms with Gasteiger partial charge in [-0.15, -0.1) is 0 Å². The molecule has 0 saturated heterocycles. The molecule has 25 heavy (non-hydrogen) atoms. The monoisotopic (exact) mass is 376 g/mol. The van der Waals surface area contributed by atoms with E-state index in [0.29, 0.717) is 6.61 Å². The van der Waals surface area contributed by atoms with E-state index >= 15 is 0 Å². The van der Waals surface area contributed by atoms with Crippen LogP contribution >= 0.6 is 0 Å². The van der Waals surface area contributed by atoms with Gasteiger partial charge in [0, 0.05) is 10.9 Å². The number of hydrogen-bond donors (Lipinski definition) is 0. The van der Waals surface area contributed by atoms with Gasteiger partial charge in [0.15, 0.2) is 8.32 Å². The van der Waals surface area contributed by atoms with Crippen molar-refractivity contribution in [3.8, 4) is 0 Å². The molecule has 0 atom stereocenters. The largest absolute Gasteiger partial charge is 0.466 e. The molecule has 0 amide bonds. The van der Waals surface area contributed by atoms with Crippen molar-refractivity contribution in [3.05, 3.63) is 29.8 Å². The minimum Gasteiger partial charge on any atom is -0.466 e. The molecule has 0 spiro atoms. The van der Waals surface area contributed by atoms with E-state index in [1.165, 1.54) is 16.3 Å². The number of hydrogen-bond acceptors (Lipinski definition) is 2. The van der Waals surface area contributed by atoms with Crippen LogP contribution in [0.4, 0.5) is 0 Å². The zero-order valence-corrected chi connectivity index (χ0v) is 19.8. The predicted molar refractivity (Wildman–Crippen MR) is 115 cm³/mol. The van der Waals surface area contributed by atoms with E-state index in [-0.39, 0.29) is 10.1 Å². The van der Waals surface area contributed by atoms with Gasteiger partial charge in [0.1, 0.15) is 13.7 Å². The fraction of sp³-hybridized carbons (Fsp3) is 0.619. The van der Waals surface area contributed by atoms with Crippen LogP contribution in [-0.2, 0) is 11.0 Å². The van der Waals surface area contributed by atoms with Crippen molar-refractivity contribution in [3.63, 3.8) is 0 Å². The van der Waals surface area contributed by atoms with E-state index in [2.05, 4.69) is 92.0 Å². The molecule has 0 aliphatic heterocycles. The van der Waals surface area contributed by atoms with Crippen LogP contribution < -0.4 is 5.38 Å². The topological polar surface area (TPSA) is 22.4 Å². The number of para-hydroxylation sites is 1. The second kappa shape index (κ2) is 6.40. The first-order chi connectivity index (χ1) is 11.2. The Bertz CT molecular complexity index is 743. The Kier molecular flexibility index (Phi) is 5.24. The van der Waals surface area contributed by atoms with Crippen LogP contribution in [0.25, 0.3) is 11.0 Å². The minimum atomic E-state index is -1.80. The average Bonchev–Trinajstić information content (AvgIpc) is 2.82. The summed E-state index contributed by atoms with van der Waals surface area (Å²) in [6.07, 6.45) is 0. The van der Waals surface area contributed by atoms with Gasteiger partial charge in [0.2, 0.25) is 0 Å². The van der Waals surface area contributed by atoms with Crippen molar-refractivity contribution in [2.24, 2.45) is 0 Å². The third-order valence-electron chi connectivity index (χ3n) is 6.52. The SMILES string of the molecule is CC(C)(C)[Si](C)(C)OCc1c([Si](C)(C)C(C)(C)C)oc2ccccc12. The number of fused-ring (bicyclic) bond motifs is 1. The molecule has 1 heterocycles. The van der Waals surface area contributed by atoms with Gasteiger partial charge in [-0.2, -0.15) is 0 Å². The molecule has 1 aromatic carbocycles. The Morgan fingerprint density at radius 2 is 1.44 bits per heavy atom. The molecule has 4 heteroatoms. The first-order valence-corrected chi connectivity index (χ1v) is 15.2. The fourth-order valence-electron chi connectivity index (χ4n) is 2.56. The fourth-order valence-corrected chi connectivity index (χ4v) is 5.50. The molecule has 0 radical (unpaired) electrons. The van der Waals surface area contributed by atoms with Gasteiger partial charge >= 0.3 is 0 Å². The highest BCUT2D eigenvalue weighted by molar-refractivity contribution is 6.91. The predicted octanol–water partition coefficient (Wildman–Crippen LogP) is 6.67. The van der Waals surface area contributed by atoms with Crippen LogP contribution in [0, 0.1) is 0 Å². The van der Waals surface area contributed by atoms with Gasteiger partial charge in [-0.25, -0.2) is 0 Å². The molecular weight excluding hydrogens is 340 g/mol. The van der Waals surface area contributed by atoms with Gasteiger partial charge in [-0.1, -0.05) is 72.8 Å². The maximum atomic E-state index is 6.60. The number of rotatable bonds is 4. The zero-order chi connectivity index (χ0) is 19.3. The Hall–Kier alpha value is -0.846. The van der Waals surface area contributed by atoms with E-state index in [1.807, 2.05) is 0 Å². The summed E-state index contributed by atoms with van der Waals surface area (Å²) in [7, 11) is -3.58. The highest BCUT2D eigenvalue weighted by atomic mass is 28.4. The van der Waals surface area contributed by atoms with E-state index < -0.39 is 16.4 Å². The maximum Gasteiger partial charge on any atom is 0.192 e. The molecule has 0 unspecified atom stereocenters. The molecule has 0 N–H and O–H groups in total. The van der Waals surface area contributed by atoms with E-state index in [9.17, 15) is 0 Å². The van der Waals surface area contributed by atoms with E-state index in [4.69, 9.17) is 8.84 Å². The summed E-state index contributed by atoms with van der Waals surface area (Å²) < 4.78 is 13.0. The smallest absolute Gasteiger partial charge is 0.192 e. The molecule has 0 fully saturated rings. The Balaban J connectivity index is 2.53. The Labute approximate surface area is 156 Å². The van der Waals surface area contributed by atoms with Gasteiger partial charge in [0.25, 0.3) is 0 Å². The summed E-state index contributed by atoms with van der Waals surface area (Å²) in [5.41, 5.74) is 2.28. The summed E-state index contributed by atoms with van der Waals surface area (Å²) >= 11 is 0. The average molecular weight is 377 g/mol. The molecule has 1 aromatic heterocycles. The first kappa shape index (κ1) is 20.5. The molecule has 2 aromatic rings. The lowest BCUT2D eigenvalue weighted by molar-refractivity contribution is 0.277. The maximum absolute atomic E-state index is 6.60. The van der Waals surface area contributed by atoms with Gasteiger partial charge in [-0.05, 0) is 29.2 Å². The van der Waals surface area contributed by atoms with Crippen LogP contribution in [0.2, 0.25) is 36.3 Å². The van der Waals surface area contributed by atoms with Crippen molar-refractivity contribution in [2.75, 3.05) is 0 Å². The van der Waals surface area contributed by atoms with Crippen LogP contribution in [0.15, 0.2) is 28.7 Å². The molecular formula is C21H36O2Si2.